The Labute approximate surface area is 157 Å². The third-order valence-corrected chi connectivity index (χ3v) is 3.92. The van der Waals surface area contributed by atoms with Gasteiger partial charge in [0.25, 0.3) is 0 Å². The molecule has 2 aromatic heterocycles. The number of methoxy groups -OCH3 is 1. The van der Waals surface area contributed by atoms with Crippen molar-refractivity contribution < 1.29 is 23.0 Å². The number of aromatic amines is 1. The first-order valence-electron chi connectivity index (χ1n) is 7.61. The first kappa shape index (κ1) is 20.0. The molecule has 0 amide bonds. The van der Waals surface area contributed by atoms with E-state index >= 15 is 0 Å². The van der Waals surface area contributed by atoms with E-state index in [1.165, 1.54) is 26.3 Å². The average Bonchev–Trinajstić information content (AvgIpc) is 3.01. The van der Waals surface area contributed by atoms with E-state index < -0.39 is 23.0 Å². The van der Waals surface area contributed by atoms with Crippen molar-refractivity contribution in [2.75, 3.05) is 20.3 Å². The number of Topliss-reactive ketones (excluding diaryl/α,β-unsaturated/α-hetero) is 1. The lowest BCUT2D eigenvalue weighted by atomic mass is 10.0. The Morgan fingerprint density at radius 1 is 1.42 bits per heavy atom. The number of carbonyl (C=O) groups is 1. The number of H-pyrrole nitrogens is 1. The van der Waals surface area contributed by atoms with Crippen LogP contribution in [0.3, 0.4) is 0 Å². The molecule has 0 aliphatic carbocycles. The van der Waals surface area contributed by atoms with E-state index in [-0.39, 0.29) is 24.5 Å². The number of nitrogens with one attached hydrogen (secondary N) is 1. The van der Waals surface area contributed by atoms with Crippen LogP contribution in [0, 0.1) is 0 Å². The number of hydrogen-bond acceptors (Lipinski definition) is 4. The van der Waals surface area contributed by atoms with E-state index in [4.69, 9.17) is 9.47 Å². The van der Waals surface area contributed by atoms with Gasteiger partial charge >= 0.3 is 0 Å². The second-order valence-corrected chi connectivity index (χ2v) is 6.08. The van der Waals surface area contributed by atoms with Crippen molar-refractivity contribution in [1.82, 2.24) is 9.97 Å². The number of aromatic nitrogens is 2. The van der Waals surface area contributed by atoms with Gasteiger partial charge in [0, 0.05) is 34.9 Å². The first-order valence-corrected chi connectivity index (χ1v) is 8.40. The van der Waals surface area contributed by atoms with Gasteiger partial charge in [-0.1, -0.05) is 6.58 Å². The molecule has 0 saturated heterocycles. The summed E-state index contributed by atoms with van der Waals surface area (Å²) in [6.07, 6.45) is 4.19. The van der Waals surface area contributed by atoms with Crippen LogP contribution in [-0.4, -0.2) is 36.1 Å². The van der Waals surface area contributed by atoms with Gasteiger partial charge in [0.1, 0.15) is 18.1 Å². The molecule has 5 nitrogen and oxygen atoms in total. The normalized spacial score (nSPS) is 12.9. The van der Waals surface area contributed by atoms with E-state index in [0.717, 1.165) is 0 Å². The van der Waals surface area contributed by atoms with Crippen molar-refractivity contribution in [3.05, 3.63) is 64.1 Å². The molecule has 2 aromatic rings. The predicted octanol–water partition coefficient (Wildman–Crippen LogP) is 4.78. The fraction of sp³-hybridized carbons (Fsp3) is 0.222. The minimum atomic E-state index is -1.19. The quantitative estimate of drug-likeness (QED) is 0.217. The molecular weight excluding hydrogens is 410 g/mol. The van der Waals surface area contributed by atoms with Crippen LogP contribution in [0.1, 0.15) is 17.3 Å². The third-order valence-electron chi connectivity index (χ3n) is 3.48. The molecule has 2 rings (SSSR count). The first-order chi connectivity index (χ1) is 12.4. The molecule has 0 saturated carbocycles. The van der Waals surface area contributed by atoms with Crippen molar-refractivity contribution in [3.63, 3.8) is 0 Å². The zero-order valence-electron chi connectivity index (χ0n) is 14.2. The molecule has 0 atom stereocenters. The maximum atomic E-state index is 14.8. The summed E-state index contributed by atoms with van der Waals surface area (Å²) in [4.78, 5) is 19.7. The van der Waals surface area contributed by atoms with Crippen molar-refractivity contribution in [3.8, 4) is 0 Å². The summed E-state index contributed by atoms with van der Waals surface area (Å²) in [5.41, 5.74) is -0.301. The molecule has 0 aliphatic heterocycles. The largest absolute Gasteiger partial charge is 0.488 e. The second kappa shape index (κ2) is 8.86. The van der Waals surface area contributed by atoms with Crippen molar-refractivity contribution in [1.29, 1.82) is 0 Å². The van der Waals surface area contributed by atoms with Gasteiger partial charge in [0.05, 0.1) is 12.2 Å². The fourth-order valence-electron chi connectivity index (χ4n) is 2.27. The standard InChI is InChI=1S/C18H17BrF2N2O3/c1-4-14(26-6-5-25-3)16(21)15(10(2)20)17(24)13-9-23-18-12(13)7-11(19)8-22-18/h4,7-9H,2,5-6H2,1,3H3,(H,22,23)/b14-4+,16-15-. The van der Waals surface area contributed by atoms with Crippen LogP contribution in [0.15, 0.2) is 58.6 Å². The fourth-order valence-corrected chi connectivity index (χ4v) is 2.61. The molecule has 0 radical (unpaired) electrons. The Balaban J connectivity index is 2.49. The maximum absolute atomic E-state index is 14.8. The van der Waals surface area contributed by atoms with E-state index in [9.17, 15) is 13.6 Å². The van der Waals surface area contributed by atoms with Crippen LogP contribution in [0.25, 0.3) is 11.0 Å². The van der Waals surface area contributed by atoms with Gasteiger partial charge in [0.2, 0.25) is 5.78 Å². The molecule has 138 valence electrons. The highest BCUT2D eigenvalue weighted by Crippen LogP contribution is 2.30. The molecule has 1 N–H and O–H groups in total. The molecule has 0 spiro atoms. The smallest absolute Gasteiger partial charge is 0.201 e. The summed E-state index contributed by atoms with van der Waals surface area (Å²) in [6, 6.07) is 1.63. The van der Waals surface area contributed by atoms with Gasteiger partial charge < -0.3 is 14.5 Å². The third kappa shape index (κ3) is 4.25. The van der Waals surface area contributed by atoms with Crippen LogP contribution >= 0.6 is 15.9 Å². The molecule has 0 aromatic carbocycles. The lowest BCUT2D eigenvalue weighted by Gasteiger charge is -2.11. The molecular formula is C18H17BrF2N2O3. The van der Waals surface area contributed by atoms with Crippen LogP contribution in [0.2, 0.25) is 0 Å². The average molecular weight is 427 g/mol. The zero-order valence-corrected chi connectivity index (χ0v) is 15.8. The van der Waals surface area contributed by atoms with Gasteiger partial charge in [-0.3, -0.25) is 4.79 Å². The molecule has 0 fully saturated rings. The molecule has 0 aliphatic rings. The number of hydrogen-bond donors (Lipinski definition) is 1. The summed E-state index contributed by atoms with van der Waals surface area (Å²) < 4.78 is 39.5. The van der Waals surface area contributed by atoms with Gasteiger partial charge in [-0.15, -0.1) is 0 Å². The zero-order chi connectivity index (χ0) is 19.3. The van der Waals surface area contributed by atoms with Gasteiger partial charge in [0.15, 0.2) is 11.6 Å². The Morgan fingerprint density at radius 3 is 2.77 bits per heavy atom. The highest BCUT2D eigenvalue weighted by Gasteiger charge is 2.26. The second-order valence-electron chi connectivity index (χ2n) is 5.17. The van der Waals surface area contributed by atoms with E-state index in [2.05, 4.69) is 32.5 Å². The summed E-state index contributed by atoms with van der Waals surface area (Å²) in [6.45, 7) is 4.87. The van der Waals surface area contributed by atoms with Crippen molar-refractivity contribution in [2.45, 2.75) is 6.92 Å². The van der Waals surface area contributed by atoms with Crippen LogP contribution in [0.4, 0.5) is 8.78 Å². The van der Waals surface area contributed by atoms with Crippen LogP contribution in [-0.2, 0) is 9.47 Å². The number of carbonyl (C=O) groups excluding carboxylic acids is 1. The van der Waals surface area contributed by atoms with E-state index in [0.29, 0.717) is 15.5 Å². The van der Waals surface area contributed by atoms with Gasteiger partial charge in [-0.2, -0.15) is 0 Å². The lowest BCUT2D eigenvalue weighted by Crippen LogP contribution is -2.09. The monoisotopic (exact) mass is 426 g/mol. The Hall–Kier alpha value is -2.32. The predicted molar refractivity (Wildman–Crippen MR) is 98.1 cm³/mol. The topological polar surface area (TPSA) is 64.2 Å². The van der Waals surface area contributed by atoms with E-state index in [1.807, 2.05) is 0 Å². The van der Waals surface area contributed by atoms with Crippen molar-refractivity contribution in [2.24, 2.45) is 0 Å². The summed E-state index contributed by atoms with van der Waals surface area (Å²) >= 11 is 3.26. The number of ketones is 1. The molecule has 8 heteroatoms. The van der Waals surface area contributed by atoms with Gasteiger partial charge in [-0.05, 0) is 35.0 Å². The highest BCUT2D eigenvalue weighted by atomic mass is 79.9. The lowest BCUT2D eigenvalue weighted by molar-refractivity contribution is 0.101. The number of fused-ring (bicyclic) bond motifs is 1. The van der Waals surface area contributed by atoms with E-state index in [1.54, 1.807) is 12.3 Å². The number of ether oxygens (including phenoxy) is 2. The summed E-state index contributed by atoms with van der Waals surface area (Å²) in [5.74, 6) is -3.45. The number of nitrogens with zero attached hydrogens (tertiary/aromatic N) is 1. The highest BCUT2D eigenvalue weighted by molar-refractivity contribution is 9.10. The molecule has 0 unspecified atom stereocenters. The molecule has 0 bridgehead atoms. The minimum Gasteiger partial charge on any atom is -0.488 e. The number of rotatable bonds is 8. The molecule has 2 heterocycles. The van der Waals surface area contributed by atoms with Crippen LogP contribution in [0.5, 0.6) is 0 Å². The van der Waals surface area contributed by atoms with Crippen molar-refractivity contribution >= 4 is 32.7 Å². The summed E-state index contributed by atoms with van der Waals surface area (Å²) in [7, 11) is 1.46. The summed E-state index contributed by atoms with van der Waals surface area (Å²) in [5, 5.41) is 0.429. The number of pyridine rings is 1. The Morgan fingerprint density at radius 2 is 2.15 bits per heavy atom. The number of allylic oxidation sites excluding steroid dienone is 4. The minimum absolute atomic E-state index is 0.0494. The SMILES string of the molecule is C=C(F)/C(C(=O)c1c[nH]c2ncc(Br)cc12)=C(F)\C(=C/C)OCCOC. The van der Waals surface area contributed by atoms with Gasteiger partial charge in [-0.25, -0.2) is 13.8 Å². The number of halogens is 3. The van der Waals surface area contributed by atoms with Crippen LogP contribution < -0.4 is 0 Å². The molecule has 26 heavy (non-hydrogen) atoms. The Kier molecular flexibility index (Phi) is 6.82. The Bertz CT molecular complexity index is 903. The maximum Gasteiger partial charge on any atom is 0.201 e.